The van der Waals surface area contributed by atoms with Crippen molar-refractivity contribution in [1.29, 1.82) is 0 Å². The van der Waals surface area contributed by atoms with E-state index in [1.165, 1.54) is 32.8 Å². The van der Waals surface area contributed by atoms with E-state index >= 15 is 0 Å². The average molecular weight is 558 g/mol. The second-order valence-corrected chi connectivity index (χ2v) is 13.0. The molecule has 1 amide bonds. The number of Topliss-reactive ketones (excluding diaryl/α,β-unsaturated/α-hetero) is 1. The highest BCUT2D eigenvalue weighted by atomic mass is 16.6. The molecule has 7 nitrogen and oxygen atoms in total. The Morgan fingerprint density at radius 1 is 1.02 bits per heavy atom. The van der Waals surface area contributed by atoms with E-state index in [9.17, 15) is 14.4 Å². The summed E-state index contributed by atoms with van der Waals surface area (Å²) >= 11 is 0. The number of methoxy groups -OCH3 is 1. The molecule has 0 radical (unpaired) electrons. The number of ketones is 1. The van der Waals surface area contributed by atoms with E-state index in [1.807, 2.05) is 19.9 Å². The lowest BCUT2D eigenvalue weighted by Crippen LogP contribution is -2.49. The van der Waals surface area contributed by atoms with Gasteiger partial charge in [-0.2, -0.15) is 0 Å². The molecule has 1 N–H and O–H groups in total. The predicted octanol–water partition coefficient (Wildman–Crippen LogP) is 7.43. The molecule has 7 heteroatoms. The number of hydrogen-bond donors (Lipinski definition) is 1. The molecular weight excluding hydrogens is 506 g/mol. The van der Waals surface area contributed by atoms with Crippen LogP contribution in [0.3, 0.4) is 0 Å². The third-order valence-corrected chi connectivity index (χ3v) is 9.85. The van der Waals surface area contributed by atoms with Gasteiger partial charge in [0.1, 0.15) is 17.9 Å². The topological polar surface area (TPSA) is 90.9 Å². The van der Waals surface area contributed by atoms with Gasteiger partial charge in [0, 0.05) is 18.3 Å². The summed E-state index contributed by atoms with van der Waals surface area (Å²) in [6.45, 7) is 12.7. The molecule has 0 heterocycles. The molecule has 3 rings (SSSR count). The largest absolute Gasteiger partial charge is 0.493 e. The molecule has 4 atom stereocenters. The zero-order valence-electron chi connectivity index (χ0n) is 25.8. The van der Waals surface area contributed by atoms with Crippen LogP contribution in [-0.2, 0) is 20.7 Å². The van der Waals surface area contributed by atoms with Crippen LogP contribution in [0.25, 0.3) is 0 Å². The van der Waals surface area contributed by atoms with E-state index < -0.39 is 18.1 Å². The van der Waals surface area contributed by atoms with E-state index in [0.29, 0.717) is 30.9 Å². The molecule has 2 saturated carbocycles. The number of carbonyl (C=O) groups is 3. The van der Waals surface area contributed by atoms with Crippen molar-refractivity contribution in [2.75, 3.05) is 7.11 Å². The van der Waals surface area contributed by atoms with Gasteiger partial charge in [-0.25, -0.2) is 9.59 Å². The van der Waals surface area contributed by atoms with Crippen LogP contribution < -0.4 is 14.8 Å². The van der Waals surface area contributed by atoms with Crippen molar-refractivity contribution in [3.05, 3.63) is 23.8 Å². The first kappa shape index (κ1) is 32.0. The first-order chi connectivity index (χ1) is 18.9. The summed E-state index contributed by atoms with van der Waals surface area (Å²) in [5, 5.41) is 2.72. The lowest BCUT2D eigenvalue weighted by Gasteiger charge is -2.39. The zero-order valence-corrected chi connectivity index (χ0v) is 25.8. The monoisotopic (exact) mass is 557 g/mol. The fraction of sp³-hybridized carbons (Fsp3) is 0.727. The van der Waals surface area contributed by atoms with Crippen molar-refractivity contribution in [3.63, 3.8) is 0 Å². The minimum atomic E-state index is -0.823. The summed E-state index contributed by atoms with van der Waals surface area (Å²) in [7, 11) is 1.51. The number of amides is 1. The number of esters is 1. The second kappa shape index (κ2) is 13.9. The number of benzene rings is 1. The van der Waals surface area contributed by atoms with Crippen LogP contribution in [-0.4, -0.2) is 37.1 Å². The van der Waals surface area contributed by atoms with Crippen LogP contribution in [0.4, 0.5) is 4.79 Å². The summed E-state index contributed by atoms with van der Waals surface area (Å²) < 4.78 is 17.1. The molecule has 224 valence electrons. The quantitative estimate of drug-likeness (QED) is 0.178. The molecule has 0 saturated heterocycles. The minimum Gasteiger partial charge on any atom is -0.493 e. The molecule has 0 unspecified atom stereocenters. The molecule has 40 heavy (non-hydrogen) atoms. The molecule has 0 spiro atoms. The van der Waals surface area contributed by atoms with Gasteiger partial charge in [0.05, 0.1) is 7.11 Å². The standard InChI is InChI=1S/C33H51NO6/c1-8-9-10-11-12-13-25(35)16-14-23-15-17-26(27(20-23)38-7)39-31(37)34-29(22(2)3)30(36)40-28-21-24-18-19-33(28,6)32(24,4)5/h15,17,20,22,24,28-29H,8-14,16,18-19,21H2,1-7H3,(H,34,37)/t24-,28+,29-,33-/m0/s1. The van der Waals surface area contributed by atoms with E-state index in [1.54, 1.807) is 12.1 Å². The molecule has 1 aromatic rings. The summed E-state index contributed by atoms with van der Waals surface area (Å²) in [6, 6.07) is 4.48. The average Bonchev–Trinajstić information content (AvgIpc) is 3.24. The maximum atomic E-state index is 13.2. The van der Waals surface area contributed by atoms with E-state index in [4.69, 9.17) is 14.2 Å². The predicted molar refractivity (Wildman–Crippen MR) is 157 cm³/mol. The van der Waals surface area contributed by atoms with Crippen LogP contribution >= 0.6 is 0 Å². The highest BCUT2D eigenvalue weighted by Gasteiger charge is 2.63. The van der Waals surface area contributed by atoms with Crippen LogP contribution in [0.1, 0.15) is 111 Å². The minimum absolute atomic E-state index is 0.0519. The smallest absolute Gasteiger partial charge is 0.413 e. The molecule has 2 bridgehead atoms. The van der Waals surface area contributed by atoms with E-state index in [2.05, 4.69) is 33.0 Å². The Labute approximate surface area is 241 Å². The SMILES string of the molecule is CCCCCCCC(=O)CCc1ccc(OC(=O)N[C@H](C(=O)O[C@@H]2C[C@@H]3CC[C@]2(C)C3(C)C)C(C)C)c(OC)c1. The Hall–Kier alpha value is -2.57. The van der Waals surface area contributed by atoms with Gasteiger partial charge in [0.15, 0.2) is 11.5 Å². The number of nitrogens with one attached hydrogen (secondary N) is 1. The molecule has 2 aliphatic carbocycles. The van der Waals surface area contributed by atoms with Gasteiger partial charge in [-0.3, -0.25) is 4.79 Å². The first-order valence-corrected chi connectivity index (χ1v) is 15.3. The molecular formula is C33H51NO6. The number of hydrogen-bond acceptors (Lipinski definition) is 6. The lowest BCUT2D eigenvalue weighted by molar-refractivity contribution is -0.160. The van der Waals surface area contributed by atoms with E-state index in [-0.39, 0.29) is 34.4 Å². The Bertz CT molecular complexity index is 1030. The molecule has 1 aromatic carbocycles. The third-order valence-electron chi connectivity index (χ3n) is 9.85. The van der Waals surface area contributed by atoms with Gasteiger partial charge >= 0.3 is 12.1 Å². The maximum absolute atomic E-state index is 13.2. The van der Waals surface area contributed by atoms with Gasteiger partial charge in [0.25, 0.3) is 0 Å². The Morgan fingerprint density at radius 3 is 2.35 bits per heavy atom. The van der Waals surface area contributed by atoms with Crippen molar-refractivity contribution < 1.29 is 28.6 Å². The highest BCUT2D eigenvalue weighted by Crippen LogP contribution is 2.66. The Balaban J connectivity index is 1.53. The summed E-state index contributed by atoms with van der Waals surface area (Å²) in [4.78, 5) is 38.4. The number of fused-ring (bicyclic) bond motifs is 2. The first-order valence-electron chi connectivity index (χ1n) is 15.3. The highest BCUT2D eigenvalue weighted by molar-refractivity contribution is 5.83. The van der Waals surface area contributed by atoms with Gasteiger partial charge in [-0.15, -0.1) is 0 Å². The van der Waals surface area contributed by atoms with Gasteiger partial charge in [-0.05, 0) is 67.1 Å². The van der Waals surface area contributed by atoms with E-state index in [0.717, 1.165) is 31.2 Å². The number of ether oxygens (including phenoxy) is 3. The Morgan fingerprint density at radius 2 is 1.75 bits per heavy atom. The van der Waals surface area contributed by atoms with Crippen molar-refractivity contribution in [2.45, 2.75) is 124 Å². The van der Waals surface area contributed by atoms with Gasteiger partial charge < -0.3 is 19.5 Å². The van der Waals surface area contributed by atoms with Crippen molar-refractivity contribution in [2.24, 2.45) is 22.7 Å². The molecule has 2 aliphatic rings. The Kier molecular flexibility index (Phi) is 11.1. The normalized spacial score (nSPS) is 23.6. The summed E-state index contributed by atoms with van der Waals surface area (Å²) in [6.07, 6.45) is 9.59. The zero-order chi connectivity index (χ0) is 29.5. The molecule has 2 fully saturated rings. The van der Waals surface area contributed by atoms with Crippen LogP contribution in [0.2, 0.25) is 0 Å². The maximum Gasteiger partial charge on any atom is 0.413 e. The molecule has 0 aromatic heterocycles. The number of carbonyl (C=O) groups excluding carboxylic acids is 3. The van der Waals surface area contributed by atoms with Gasteiger partial charge in [-0.1, -0.05) is 73.3 Å². The summed E-state index contributed by atoms with van der Waals surface area (Å²) in [5.41, 5.74) is 1.01. The van der Waals surface area contributed by atoms with Crippen LogP contribution in [0.5, 0.6) is 11.5 Å². The molecule has 0 aliphatic heterocycles. The number of rotatable bonds is 15. The fourth-order valence-electron chi connectivity index (χ4n) is 6.56. The van der Waals surface area contributed by atoms with Crippen LogP contribution in [0, 0.1) is 22.7 Å². The second-order valence-electron chi connectivity index (χ2n) is 13.0. The summed E-state index contributed by atoms with van der Waals surface area (Å²) in [5.74, 6) is 0.885. The van der Waals surface area contributed by atoms with Crippen molar-refractivity contribution >= 4 is 17.8 Å². The fourth-order valence-corrected chi connectivity index (χ4v) is 6.56. The number of aryl methyl sites for hydroxylation is 1. The van der Waals surface area contributed by atoms with Gasteiger partial charge in [0.2, 0.25) is 0 Å². The van der Waals surface area contributed by atoms with Crippen molar-refractivity contribution in [3.8, 4) is 11.5 Å². The lowest BCUT2D eigenvalue weighted by atomic mass is 9.70. The van der Waals surface area contributed by atoms with Crippen LogP contribution in [0.15, 0.2) is 18.2 Å². The number of unbranched alkanes of at least 4 members (excludes halogenated alkanes) is 4. The third kappa shape index (κ3) is 7.38. The van der Waals surface area contributed by atoms with Crippen molar-refractivity contribution in [1.82, 2.24) is 5.32 Å².